The zero-order valence-electron chi connectivity index (χ0n) is 10.8. The van der Waals surface area contributed by atoms with Gasteiger partial charge in [-0.05, 0) is 18.2 Å². The third-order valence-corrected chi connectivity index (χ3v) is 3.49. The smallest absolute Gasteiger partial charge is 0.326 e. The quantitative estimate of drug-likeness (QED) is 0.761. The molecule has 8 heteroatoms. The number of carbonyl (C=O) groups excluding carboxylic acids is 1. The second-order valence-electron chi connectivity index (χ2n) is 4.63. The van der Waals surface area contributed by atoms with E-state index in [-0.39, 0.29) is 23.7 Å². The van der Waals surface area contributed by atoms with E-state index in [1.165, 1.54) is 18.2 Å². The number of aliphatic carboxylic acids is 1. The highest BCUT2D eigenvalue weighted by Gasteiger charge is 2.39. The first-order valence-corrected chi connectivity index (χ1v) is 6.48. The SMILES string of the molecule is N#Cc1ccc(Cl)c(NC(=O)N2CC(O)CC2C(=O)O)c1. The minimum absolute atomic E-state index is 0.0191. The lowest BCUT2D eigenvalue weighted by atomic mass is 10.2. The molecule has 0 aromatic heterocycles. The number of aliphatic hydroxyl groups is 1. The Hall–Kier alpha value is -2.30. The molecule has 2 atom stereocenters. The third kappa shape index (κ3) is 3.24. The van der Waals surface area contributed by atoms with Crippen LogP contribution in [0.2, 0.25) is 5.02 Å². The molecule has 21 heavy (non-hydrogen) atoms. The average molecular weight is 310 g/mol. The van der Waals surface area contributed by atoms with Crippen molar-refractivity contribution in [1.29, 1.82) is 5.26 Å². The number of halogens is 1. The van der Waals surface area contributed by atoms with Crippen LogP contribution in [-0.2, 0) is 4.79 Å². The van der Waals surface area contributed by atoms with Crippen LogP contribution in [0, 0.1) is 11.3 Å². The van der Waals surface area contributed by atoms with Gasteiger partial charge in [-0.15, -0.1) is 0 Å². The number of carboxylic acids is 1. The van der Waals surface area contributed by atoms with Crippen molar-refractivity contribution in [2.45, 2.75) is 18.6 Å². The highest BCUT2D eigenvalue weighted by Crippen LogP contribution is 2.25. The monoisotopic (exact) mass is 309 g/mol. The summed E-state index contributed by atoms with van der Waals surface area (Å²) in [7, 11) is 0. The Morgan fingerprint density at radius 1 is 1.48 bits per heavy atom. The van der Waals surface area contributed by atoms with Crippen LogP contribution in [-0.4, -0.2) is 45.8 Å². The van der Waals surface area contributed by atoms with Gasteiger partial charge in [0.15, 0.2) is 0 Å². The maximum absolute atomic E-state index is 12.1. The Bertz CT molecular complexity index is 628. The molecule has 0 aliphatic carbocycles. The number of hydrogen-bond acceptors (Lipinski definition) is 4. The van der Waals surface area contributed by atoms with Crippen molar-refractivity contribution in [3.8, 4) is 6.07 Å². The molecule has 3 N–H and O–H groups in total. The number of rotatable bonds is 2. The Morgan fingerprint density at radius 2 is 2.19 bits per heavy atom. The Balaban J connectivity index is 2.18. The van der Waals surface area contributed by atoms with E-state index >= 15 is 0 Å². The van der Waals surface area contributed by atoms with Gasteiger partial charge in [0.25, 0.3) is 0 Å². The number of nitrogens with zero attached hydrogens (tertiary/aromatic N) is 2. The summed E-state index contributed by atoms with van der Waals surface area (Å²) < 4.78 is 0. The number of carbonyl (C=O) groups is 2. The van der Waals surface area contributed by atoms with Gasteiger partial charge in [-0.3, -0.25) is 0 Å². The number of β-amino-alcohol motifs (C(OH)–C–C–N with tert-alkyl or cyclic N) is 1. The van der Waals surface area contributed by atoms with E-state index in [1.807, 2.05) is 6.07 Å². The molecular formula is C13H12ClN3O4. The van der Waals surface area contributed by atoms with Gasteiger partial charge in [-0.25, -0.2) is 9.59 Å². The van der Waals surface area contributed by atoms with Gasteiger partial charge in [-0.1, -0.05) is 11.6 Å². The first kappa shape index (κ1) is 15.1. The van der Waals surface area contributed by atoms with E-state index in [0.717, 1.165) is 4.90 Å². The predicted molar refractivity (Wildman–Crippen MR) is 73.9 cm³/mol. The van der Waals surface area contributed by atoms with Gasteiger partial charge in [-0.2, -0.15) is 5.26 Å². The summed E-state index contributed by atoms with van der Waals surface area (Å²) in [6.07, 6.45) is -0.896. The number of amides is 2. The second-order valence-corrected chi connectivity index (χ2v) is 5.04. The van der Waals surface area contributed by atoms with Gasteiger partial charge in [0.1, 0.15) is 6.04 Å². The summed E-state index contributed by atoms with van der Waals surface area (Å²) in [5, 5.41) is 30.1. The van der Waals surface area contributed by atoms with Gasteiger partial charge < -0.3 is 20.4 Å². The third-order valence-electron chi connectivity index (χ3n) is 3.16. The number of nitriles is 1. The molecule has 1 aromatic rings. The fourth-order valence-electron chi connectivity index (χ4n) is 2.15. The molecule has 1 fully saturated rings. The molecule has 0 radical (unpaired) electrons. The number of benzene rings is 1. The summed E-state index contributed by atoms with van der Waals surface area (Å²) in [5.74, 6) is -1.18. The lowest BCUT2D eigenvalue weighted by Crippen LogP contribution is -2.43. The van der Waals surface area contributed by atoms with Crippen molar-refractivity contribution in [1.82, 2.24) is 4.90 Å². The van der Waals surface area contributed by atoms with E-state index in [4.69, 9.17) is 22.0 Å². The average Bonchev–Trinajstić information content (AvgIpc) is 2.83. The van der Waals surface area contributed by atoms with Crippen molar-refractivity contribution in [3.63, 3.8) is 0 Å². The minimum Gasteiger partial charge on any atom is -0.480 e. The van der Waals surface area contributed by atoms with Crippen LogP contribution in [0.4, 0.5) is 10.5 Å². The van der Waals surface area contributed by atoms with Crippen LogP contribution in [0.25, 0.3) is 0 Å². The van der Waals surface area contributed by atoms with Gasteiger partial charge >= 0.3 is 12.0 Å². The minimum atomic E-state index is -1.18. The number of aliphatic hydroxyl groups excluding tert-OH is 1. The number of carboxylic acid groups (broad SMARTS) is 1. The first-order valence-electron chi connectivity index (χ1n) is 6.10. The van der Waals surface area contributed by atoms with Gasteiger partial charge in [0.05, 0.1) is 28.4 Å². The molecule has 2 amide bonds. The lowest BCUT2D eigenvalue weighted by molar-refractivity contribution is -0.141. The van der Waals surface area contributed by atoms with Crippen LogP contribution >= 0.6 is 11.6 Å². The van der Waals surface area contributed by atoms with Gasteiger partial charge in [0.2, 0.25) is 0 Å². The standard InChI is InChI=1S/C13H12ClN3O4/c14-9-2-1-7(5-15)3-10(9)16-13(21)17-6-8(18)4-11(17)12(19)20/h1-3,8,11,18H,4,6H2,(H,16,21)(H,19,20). The van der Waals surface area contributed by atoms with Crippen LogP contribution in [0.15, 0.2) is 18.2 Å². The van der Waals surface area contributed by atoms with E-state index in [9.17, 15) is 14.7 Å². The normalized spacial score (nSPS) is 20.9. The van der Waals surface area contributed by atoms with Crippen molar-refractivity contribution in [3.05, 3.63) is 28.8 Å². The fraction of sp³-hybridized carbons (Fsp3) is 0.308. The molecule has 1 aliphatic rings. The fourth-order valence-corrected chi connectivity index (χ4v) is 2.31. The summed E-state index contributed by atoms with van der Waals surface area (Å²) in [6.45, 7) is -0.0711. The van der Waals surface area contributed by atoms with E-state index in [1.54, 1.807) is 0 Å². The van der Waals surface area contributed by atoms with Crippen LogP contribution < -0.4 is 5.32 Å². The number of nitrogens with one attached hydrogen (secondary N) is 1. The summed E-state index contributed by atoms with van der Waals surface area (Å²) in [5.41, 5.74) is 0.525. The van der Waals surface area contributed by atoms with Crippen LogP contribution in [0.5, 0.6) is 0 Å². The second kappa shape index (κ2) is 5.99. The first-order chi connectivity index (χ1) is 9.92. The summed E-state index contributed by atoms with van der Waals surface area (Å²) in [4.78, 5) is 24.2. The maximum atomic E-state index is 12.1. The predicted octanol–water partition coefficient (Wildman–Crippen LogP) is 1.26. The maximum Gasteiger partial charge on any atom is 0.326 e. The molecule has 2 rings (SSSR count). The van der Waals surface area contributed by atoms with Crippen molar-refractivity contribution < 1.29 is 19.8 Å². The Kier molecular flexibility index (Phi) is 4.31. The van der Waals surface area contributed by atoms with Crippen molar-refractivity contribution in [2.24, 2.45) is 0 Å². The van der Waals surface area contributed by atoms with Crippen LogP contribution in [0.1, 0.15) is 12.0 Å². The zero-order chi connectivity index (χ0) is 15.6. The van der Waals surface area contributed by atoms with Crippen molar-refractivity contribution >= 4 is 29.3 Å². The number of hydrogen-bond donors (Lipinski definition) is 3. The molecule has 7 nitrogen and oxygen atoms in total. The lowest BCUT2D eigenvalue weighted by Gasteiger charge is -2.21. The number of urea groups is 1. The molecule has 1 aliphatic heterocycles. The zero-order valence-corrected chi connectivity index (χ0v) is 11.5. The molecular weight excluding hydrogens is 298 g/mol. The van der Waals surface area contributed by atoms with E-state index < -0.39 is 24.1 Å². The highest BCUT2D eigenvalue weighted by atomic mass is 35.5. The Morgan fingerprint density at radius 3 is 2.81 bits per heavy atom. The van der Waals surface area contributed by atoms with E-state index in [2.05, 4.69) is 5.32 Å². The van der Waals surface area contributed by atoms with Crippen molar-refractivity contribution in [2.75, 3.05) is 11.9 Å². The van der Waals surface area contributed by atoms with Gasteiger partial charge in [0, 0.05) is 13.0 Å². The molecule has 0 bridgehead atoms. The number of likely N-dealkylation sites (tertiary alicyclic amines) is 1. The molecule has 1 heterocycles. The Labute approximate surface area is 125 Å². The molecule has 110 valence electrons. The summed E-state index contributed by atoms with van der Waals surface area (Å²) in [6, 6.07) is 4.49. The topological polar surface area (TPSA) is 114 Å². The van der Waals surface area contributed by atoms with Crippen LogP contribution in [0.3, 0.4) is 0 Å². The number of anilines is 1. The molecule has 0 spiro atoms. The highest BCUT2D eigenvalue weighted by molar-refractivity contribution is 6.33. The van der Waals surface area contributed by atoms with E-state index in [0.29, 0.717) is 5.56 Å². The molecule has 0 saturated carbocycles. The largest absolute Gasteiger partial charge is 0.480 e. The molecule has 2 unspecified atom stereocenters. The molecule has 1 saturated heterocycles. The summed E-state index contributed by atoms with van der Waals surface area (Å²) >= 11 is 5.92. The molecule has 1 aromatic carbocycles.